The van der Waals surface area contributed by atoms with E-state index in [0.717, 1.165) is 0 Å². The van der Waals surface area contributed by atoms with Crippen LogP contribution in [0.2, 0.25) is 0 Å². The first-order valence-electron chi connectivity index (χ1n) is 5.90. The zero-order valence-corrected chi connectivity index (χ0v) is 11.2. The Balaban J connectivity index is 2.50. The van der Waals surface area contributed by atoms with Crippen LogP contribution in [0, 0.1) is 0 Å². The van der Waals surface area contributed by atoms with Crippen molar-refractivity contribution in [1.29, 1.82) is 0 Å². The maximum atomic E-state index is 12.5. The quantitative estimate of drug-likeness (QED) is 0.872. The van der Waals surface area contributed by atoms with E-state index in [1.54, 1.807) is 0 Å². The first-order chi connectivity index (χ1) is 10.5. The highest BCUT2D eigenvalue weighted by Crippen LogP contribution is 2.35. The molecule has 0 aliphatic heterocycles. The van der Waals surface area contributed by atoms with Gasteiger partial charge >= 0.3 is 17.9 Å². The van der Waals surface area contributed by atoms with Gasteiger partial charge in [-0.1, -0.05) is 0 Å². The number of benzene rings is 1. The summed E-state index contributed by atoms with van der Waals surface area (Å²) in [6.45, 7) is 0. The third kappa shape index (κ3) is 3.66. The van der Waals surface area contributed by atoms with E-state index in [9.17, 15) is 31.1 Å². The minimum Gasteiger partial charge on any atom is -0.497 e. The third-order valence-corrected chi connectivity index (χ3v) is 2.69. The fraction of sp³-hybridized carbons (Fsp3) is 0.333. The Morgan fingerprint density at radius 3 is 2.26 bits per heavy atom. The van der Waals surface area contributed by atoms with Crippen LogP contribution in [0.1, 0.15) is 0 Å². The summed E-state index contributed by atoms with van der Waals surface area (Å²) in [6.07, 6.45) is -15.7. The first-order valence-corrected chi connectivity index (χ1v) is 5.90. The highest BCUT2D eigenvalue weighted by atomic mass is 19.4. The molecule has 0 fully saturated rings. The molecule has 5 nitrogen and oxygen atoms in total. The summed E-state index contributed by atoms with van der Waals surface area (Å²) in [5, 5.41) is 0. The Bertz CT molecular complexity index is 754. The van der Waals surface area contributed by atoms with E-state index < -0.39 is 29.9 Å². The van der Waals surface area contributed by atoms with Gasteiger partial charge in [-0.05, 0) is 12.1 Å². The maximum Gasteiger partial charge on any atom is 0.434 e. The van der Waals surface area contributed by atoms with Crippen LogP contribution in [0.25, 0.3) is 11.0 Å². The first kappa shape index (κ1) is 16.9. The number of aromatic amines is 1. The average Bonchev–Trinajstić information content (AvgIpc) is 2.41. The lowest BCUT2D eigenvalue weighted by Crippen LogP contribution is -2.47. The van der Waals surface area contributed by atoms with Gasteiger partial charge in [-0.2, -0.15) is 26.3 Å². The Morgan fingerprint density at radius 2 is 1.74 bits per heavy atom. The summed E-state index contributed by atoms with van der Waals surface area (Å²) in [5.41, 5.74) is -1.32. The summed E-state index contributed by atoms with van der Waals surface area (Å²) in [7, 11) is 1.30. The van der Waals surface area contributed by atoms with Crippen molar-refractivity contribution >= 4 is 11.0 Å². The van der Waals surface area contributed by atoms with Crippen LogP contribution in [0.15, 0.2) is 23.0 Å². The average molecular weight is 342 g/mol. The van der Waals surface area contributed by atoms with Crippen LogP contribution in [-0.4, -0.2) is 35.5 Å². The fourth-order valence-corrected chi connectivity index (χ4v) is 1.68. The summed E-state index contributed by atoms with van der Waals surface area (Å²) in [6, 6.07) is 3.97. The number of hydrogen-bond donors (Lipinski definition) is 1. The summed E-state index contributed by atoms with van der Waals surface area (Å²) in [5.74, 6) is -1.10. The molecule has 23 heavy (non-hydrogen) atoms. The van der Waals surface area contributed by atoms with Crippen molar-refractivity contribution in [2.24, 2.45) is 0 Å². The van der Waals surface area contributed by atoms with Gasteiger partial charge in [0, 0.05) is 6.07 Å². The molecule has 11 heteroatoms. The summed E-state index contributed by atoms with van der Waals surface area (Å²) < 4.78 is 83.4. The van der Waals surface area contributed by atoms with Gasteiger partial charge in [-0.25, -0.2) is 4.98 Å². The van der Waals surface area contributed by atoms with E-state index in [1.807, 2.05) is 0 Å². The molecular weight excluding hydrogens is 334 g/mol. The summed E-state index contributed by atoms with van der Waals surface area (Å²) in [4.78, 5) is 17.1. The zero-order valence-electron chi connectivity index (χ0n) is 11.2. The minimum absolute atomic E-state index is 0.0953. The van der Waals surface area contributed by atoms with E-state index in [4.69, 9.17) is 4.74 Å². The topological polar surface area (TPSA) is 64.2 Å². The number of hydrogen-bond acceptors (Lipinski definition) is 4. The van der Waals surface area contributed by atoms with Crippen molar-refractivity contribution in [3.8, 4) is 11.6 Å². The smallest absolute Gasteiger partial charge is 0.434 e. The second-order valence-corrected chi connectivity index (χ2v) is 4.34. The molecule has 0 saturated carbocycles. The van der Waals surface area contributed by atoms with Gasteiger partial charge in [-0.15, -0.1) is 0 Å². The molecule has 1 heterocycles. The highest BCUT2D eigenvalue weighted by molar-refractivity contribution is 5.76. The molecule has 0 bridgehead atoms. The molecule has 0 amide bonds. The van der Waals surface area contributed by atoms with E-state index >= 15 is 0 Å². The lowest BCUT2D eigenvalue weighted by atomic mass is 10.3. The largest absolute Gasteiger partial charge is 0.497 e. The summed E-state index contributed by atoms with van der Waals surface area (Å²) >= 11 is 0. The lowest BCUT2D eigenvalue weighted by Gasteiger charge is -2.22. The Labute approximate surface area is 123 Å². The molecule has 126 valence electrons. The molecule has 0 spiro atoms. The van der Waals surface area contributed by atoms with Crippen LogP contribution < -0.4 is 15.0 Å². The van der Waals surface area contributed by atoms with Crippen molar-refractivity contribution in [2.45, 2.75) is 18.5 Å². The molecule has 1 N–H and O–H groups in total. The number of nitrogens with zero attached hydrogens (tertiary/aromatic N) is 1. The SMILES string of the molecule is COc1ccc2[nH]c(=O)c(OC(C(F)(F)F)C(F)(F)F)nc2c1. The fourth-order valence-electron chi connectivity index (χ4n) is 1.68. The molecule has 0 unspecified atom stereocenters. The van der Waals surface area contributed by atoms with Crippen LogP contribution in [0.3, 0.4) is 0 Å². The molecule has 2 aromatic rings. The van der Waals surface area contributed by atoms with Crippen LogP contribution in [0.5, 0.6) is 11.6 Å². The molecule has 0 aliphatic carbocycles. The van der Waals surface area contributed by atoms with Crippen molar-refractivity contribution in [3.05, 3.63) is 28.6 Å². The monoisotopic (exact) mass is 342 g/mol. The molecule has 0 saturated heterocycles. The predicted molar refractivity (Wildman–Crippen MR) is 65.4 cm³/mol. The normalized spacial score (nSPS) is 12.7. The predicted octanol–water partition coefficient (Wildman–Crippen LogP) is 2.80. The van der Waals surface area contributed by atoms with Crippen molar-refractivity contribution in [2.75, 3.05) is 7.11 Å². The van der Waals surface area contributed by atoms with Crippen LogP contribution >= 0.6 is 0 Å². The Kier molecular flexibility index (Phi) is 4.14. The van der Waals surface area contributed by atoms with E-state index in [2.05, 4.69) is 14.7 Å². The van der Waals surface area contributed by atoms with Crippen LogP contribution in [-0.2, 0) is 0 Å². The Morgan fingerprint density at radius 1 is 1.13 bits per heavy atom. The van der Waals surface area contributed by atoms with E-state index in [0.29, 0.717) is 0 Å². The minimum atomic E-state index is -5.75. The van der Waals surface area contributed by atoms with E-state index in [-0.39, 0.29) is 16.8 Å². The number of aromatic nitrogens is 2. The number of fused-ring (bicyclic) bond motifs is 1. The number of rotatable bonds is 3. The van der Waals surface area contributed by atoms with Gasteiger partial charge < -0.3 is 14.5 Å². The number of halogens is 6. The number of alkyl halides is 6. The van der Waals surface area contributed by atoms with Crippen LogP contribution in [0.4, 0.5) is 26.3 Å². The number of nitrogens with one attached hydrogen (secondary N) is 1. The Hall–Kier alpha value is -2.46. The van der Waals surface area contributed by atoms with E-state index in [1.165, 1.54) is 25.3 Å². The van der Waals surface area contributed by atoms with Gasteiger partial charge in [0.1, 0.15) is 5.75 Å². The van der Waals surface area contributed by atoms with Gasteiger partial charge in [0.25, 0.3) is 12.0 Å². The highest BCUT2D eigenvalue weighted by Gasteiger charge is 2.59. The number of H-pyrrole nitrogens is 1. The molecule has 1 aromatic carbocycles. The third-order valence-electron chi connectivity index (χ3n) is 2.69. The second-order valence-electron chi connectivity index (χ2n) is 4.34. The molecule has 0 aliphatic rings. The second kappa shape index (κ2) is 5.63. The van der Waals surface area contributed by atoms with Crippen molar-refractivity contribution in [1.82, 2.24) is 9.97 Å². The molecule has 1 aromatic heterocycles. The standard InChI is InChI=1S/C12H8F6N2O3/c1-22-5-2-3-6-7(4-5)20-9(8(21)19-6)23-10(11(13,14)15)12(16,17)18/h2-4,10H,1H3,(H,19,21). The van der Waals surface area contributed by atoms with Gasteiger partial charge in [-0.3, -0.25) is 4.79 Å². The van der Waals surface area contributed by atoms with Gasteiger partial charge in [0.15, 0.2) is 0 Å². The zero-order chi connectivity index (χ0) is 17.4. The number of methoxy groups -OCH3 is 1. The van der Waals surface area contributed by atoms with Gasteiger partial charge in [0.2, 0.25) is 0 Å². The maximum absolute atomic E-state index is 12.5. The van der Waals surface area contributed by atoms with Crippen molar-refractivity contribution < 1.29 is 35.8 Å². The molecular formula is C12H8F6N2O3. The molecule has 0 atom stereocenters. The lowest BCUT2D eigenvalue weighted by molar-refractivity contribution is -0.300. The van der Waals surface area contributed by atoms with Crippen molar-refractivity contribution in [3.63, 3.8) is 0 Å². The molecule has 2 rings (SSSR count). The van der Waals surface area contributed by atoms with Gasteiger partial charge in [0.05, 0.1) is 18.1 Å². The molecule has 0 radical (unpaired) electrons. The number of ether oxygens (including phenoxy) is 2.